The second-order valence-corrected chi connectivity index (χ2v) is 8.40. The number of alkyl halides is 1. The first-order valence-electron chi connectivity index (χ1n) is 5.78. The number of benzene rings is 1. The summed E-state index contributed by atoms with van der Waals surface area (Å²) < 4.78 is 27.1. The van der Waals surface area contributed by atoms with Gasteiger partial charge in [-0.3, -0.25) is 0 Å². The number of halogens is 2. The van der Waals surface area contributed by atoms with Gasteiger partial charge >= 0.3 is 0 Å². The van der Waals surface area contributed by atoms with E-state index < -0.39 is 10.0 Å². The smallest absolute Gasteiger partial charge is 0.207 e. The molecule has 0 N–H and O–H groups in total. The van der Waals surface area contributed by atoms with Crippen molar-refractivity contribution in [3.8, 4) is 0 Å². The van der Waals surface area contributed by atoms with Crippen molar-refractivity contribution in [1.82, 2.24) is 4.31 Å². The molecule has 0 radical (unpaired) electrons. The molecule has 7 heteroatoms. The van der Waals surface area contributed by atoms with Crippen molar-refractivity contribution in [3.63, 3.8) is 0 Å². The third kappa shape index (κ3) is 3.43. The van der Waals surface area contributed by atoms with Crippen molar-refractivity contribution in [2.75, 3.05) is 7.05 Å². The molecule has 1 aromatic carbocycles. The van der Waals surface area contributed by atoms with Crippen LogP contribution in [-0.2, 0) is 22.4 Å². The molecular formula is C13H13BrClNO2S2. The fraction of sp³-hybridized carbons (Fsp3) is 0.231. The predicted octanol–water partition coefficient (Wildman–Crippen LogP) is 4.07. The summed E-state index contributed by atoms with van der Waals surface area (Å²) in [6, 6.07) is 9.20. The van der Waals surface area contributed by atoms with Crippen LogP contribution in [0.1, 0.15) is 10.4 Å². The van der Waals surface area contributed by atoms with Gasteiger partial charge in [-0.05, 0) is 17.7 Å². The number of hydrogen-bond acceptors (Lipinski definition) is 3. The highest BCUT2D eigenvalue weighted by atomic mass is 79.9. The van der Waals surface area contributed by atoms with Gasteiger partial charge in [0.15, 0.2) is 0 Å². The summed E-state index contributed by atoms with van der Waals surface area (Å²) in [7, 11) is -1.90. The number of rotatable bonds is 5. The minimum Gasteiger partial charge on any atom is -0.207 e. The van der Waals surface area contributed by atoms with Gasteiger partial charge in [0.05, 0.1) is 10.8 Å². The molecule has 20 heavy (non-hydrogen) atoms. The van der Waals surface area contributed by atoms with E-state index in [4.69, 9.17) is 11.6 Å². The standard InChI is InChI=1S/C13H13BrClNO2S2/c1-16(8-10-4-2-3-5-13(10)14)20(17,18)12-6-11(7-15)19-9-12/h2-6,9H,7-8H2,1H3. The van der Waals surface area contributed by atoms with Crippen LogP contribution >= 0.6 is 38.9 Å². The Bertz CT molecular complexity index is 700. The van der Waals surface area contributed by atoms with Crippen LogP contribution in [0.4, 0.5) is 0 Å². The van der Waals surface area contributed by atoms with E-state index in [1.807, 2.05) is 24.3 Å². The summed E-state index contributed by atoms with van der Waals surface area (Å²) >= 11 is 10.5. The van der Waals surface area contributed by atoms with Gasteiger partial charge in [0.1, 0.15) is 0 Å². The highest BCUT2D eigenvalue weighted by Gasteiger charge is 2.22. The molecule has 108 valence electrons. The summed E-state index contributed by atoms with van der Waals surface area (Å²) in [5, 5.41) is 1.63. The van der Waals surface area contributed by atoms with Crippen LogP contribution < -0.4 is 0 Å². The Labute approximate surface area is 136 Å². The van der Waals surface area contributed by atoms with Gasteiger partial charge in [-0.25, -0.2) is 8.42 Å². The lowest BCUT2D eigenvalue weighted by molar-refractivity contribution is 0.466. The maximum Gasteiger partial charge on any atom is 0.243 e. The first-order valence-corrected chi connectivity index (χ1v) is 9.43. The number of sulfonamides is 1. The molecule has 2 aromatic rings. The first-order chi connectivity index (χ1) is 9.45. The Kier molecular flexibility index (Phi) is 5.25. The van der Waals surface area contributed by atoms with Gasteiger partial charge in [0.25, 0.3) is 0 Å². The lowest BCUT2D eigenvalue weighted by Gasteiger charge is -2.17. The SMILES string of the molecule is CN(Cc1ccccc1Br)S(=O)(=O)c1csc(CCl)c1. The van der Waals surface area contributed by atoms with Crippen LogP contribution in [0.2, 0.25) is 0 Å². The lowest BCUT2D eigenvalue weighted by Crippen LogP contribution is -2.26. The fourth-order valence-corrected chi connectivity index (χ4v) is 4.63. The molecule has 0 amide bonds. The quantitative estimate of drug-likeness (QED) is 0.717. The van der Waals surface area contributed by atoms with Crippen LogP contribution in [0.3, 0.4) is 0 Å². The maximum atomic E-state index is 12.5. The van der Waals surface area contributed by atoms with Gasteiger partial charge in [-0.2, -0.15) is 4.31 Å². The molecule has 0 aliphatic carbocycles. The van der Waals surface area contributed by atoms with Gasteiger partial charge in [0.2, 0.25) is 10.0 Å². The molecule has 1 aromatic heterocycles. The third-order valence-corrected chi connectivity index (χ3v) is 6.91. The van der Waals surface area contributed by atoms with Crippen molar-refractivity contribution in [3.05, 3.63) is 50.6 Å². The van der Waals surface area contributed by atoms with E-state index in [0.717, 1.165) is 14.9 Å². The highest BCUT2D eigenvalue weighted by molar-refractivity contribution is 9.10. The molecular weight excluding hydrogens is 382 g/mol. The first kappa shape index (κ1) is 16.0. The predicted molar refractivity (Wildman–Crippen MR) is 86.7 cm³/mol. The van der Waals surface area contributed by atoms with Gasteiger partial charge in [0, 0.05) is 28.3 Å². The molecule has 2 rings (SSSR count). The van der Waals surface area contributed by atoms with Crippen molar-refractivity contribution < 1.29 is 8.42 Å². The van der Waals surface area contributed by atoms with E-state index in [0.29, 0.717) is 17.3 Å². The van der Waals surface area contributed by atoms with Crippen molar-refractivity contribution in [1.29, 1.82) is 0 Å². The number of thiophene rings is 1. The van der Waals surface area contributed by atoms with Crippen molar-refractivity contribution in [2.45, 2.75) is 17.3 Å². The molecule has 0 saturated heterocycles. The third-order valence-electron chi connectivity index (χ3n) is 2.82. The van der Waals surface area contributed by atoms with Crippen LogP contribution in [0.5, 0.6) is 0 Å². The zero-order chi connectivity index (χ0) is 14.8. The Balaban J connectivity index is 2.23. The normalized spacial score (nSPS) is 12.0. The monoisotopic (exact) mass is 393 g/mol. The minimum absolute atomic E-state index is 0.299. The molecule has 0 unspecified atom stereocenters. The van der Waals surface area contributed by atoms with Crippen LogP contribution in [0, 0.1) is 0 Å². The van der Waals surface area contributed by atoms with E-state index >= 15 is 0 Å². The molecule has 0 spiro atoms. The minimum atomic E-state index is -3.48. The van der Waals surface area contributed by atoms with Crippen LogP contribution in [0.25, 0.3) is 0 Å². The zero-order valence-electron chi connectivity index (χ0n) is 10.7. The Morgan fingerprint density at radius 2 is 2.05 bits per heavy atom. The summed E-state index contributed by atoms with van der Waals surface area (Å²) in [5.41, 5.74) is 0.923. The second kappa shape index (κ2) is 6.58. The topological polar surface area (TPSA) is 37.4 Å². The second-order valence-electron chi connectivity index (χ2n) is 4.23. The number of nitrogens with zero attached hydrogens (tertiary/aromatic N) is 1. The largest absolute Gasteiger partial charge is 0.243 e. The van der Waals surface area contributed by atoms with E-state index in [2.05, 4.69) is 15.9 Å². The molecule has 0 bridgehead atoms. The average Bonchev–Trinajstić information content (AvgIpc) is 2.90. The average molecular weight is 395 g/mol. The summed E-state index contributed by atoms with van der Waals surface area (Å²) in [6.45, 7) is 0.315. The highest BCUT2D eigenvalue weighted by Crippen LogP contribution is 2.25. The summed E-state index contributed by atoms with van der Waals surface area (Å²) in [4.78, 5) is 1.15. The van der Waals surface area contributed by atoms with E-state index in [1.165, 1.54) is 15.6 Å². The number of hydrogen-bond donors (Lipinski definition) is 0. The van der Waals surface area contributed by atoms with Gasteiger partial charge in [-0.1, -0.05) is 34.1 Å². The molecule has 0 fully saturated rings. The van der Waals surface area contributed by atoms with Crippen LogP contribution in [-0.4, -0.2) is 19.8 Å². The zero-order valence-corrected chi connectivity index (χ0v) is 14.7. The maximum absolute atomic E-state index is 12.5. The Morgan fingerprint density at radius 3 is 2.65 bits per heavy atom. The van der Waals surface area contributed by atoms with Gasteiger partial charge < -0.3 is 0 Å². The lowest BCUT2D eigenvalue weighted by atomic mass is 10.2. The van der Waals surface area contributed by atoms with Crippen molar-refractivity contribution >= 4 is 48.9 Å². The molecule has 1 heterocycles. The van der Waals surface area contributed by atoms with Gasteiger partial charge in [-0.15, -0.1) is 22.9 Å². The fourth-order valence-electron chi connectivity index (χ4n) is 1.70. The summed E-state index contributed by atoms with van der Waals surface area (Å²) in [5.74, 6) is 0.328. The molecule has 0 aliphatic heterocycles. The molecule has 0 aliphatic rings. The van der Waals surface area contributed by atoms with E-state index in [-0.39, 0.29) is 0 Å². The van der Waals surface area contributed by atoms with Crippen LogP contribution in [0.15, 0.2) is 45.1 Å². The Hall–Kier alpha value is -0.400. The molecule has 0 saturated carbocycles. The van der Waals surface area contributed by atoms with E-state index in [1.54, 1.807) is 18.5 Å². The Morgan fingerprint density at radius 1 is 1.35 bits per heavy atom. The molecule has 0 atom stereocenters. The summed E-state index contributed by atoms with van der Waals surface area (Å²) in [6.07, 6.45) is 0. The van der Waals surface area contributed by atoms with Crippen molar-refractivity contribution in [2.24, 2.45) is 0 Å². The van der Waals surface area contributed by atoms with E-state index in [9.17, 15) is 8.42 Å². The molecule has 3 nitrogen and oxygen atoms in total.